The van der Waals surface area contributed by atoms with Crippen LogP contribution in [0.25, 0.3) is 10.6 Å². The van der Waals surface area contributed by atoms with Crippen LogP contribution in [0, 0.1) is 0 Å². The maximum Gasteiger partial charge on any atom is 0.272 e. The van der Waals surface area contributed by atoms with Gasteiger partial charge in [0.25, 0.3) is 5.91 Å². The molecule has 3 aromatic rings. The summed E-state index contributed by atoms with van der Waals surface area (Å²) in [7, 11) is -3.44. The van der Waals surface area contributed by atoms with Gasteiger partial charge in [-0.15, -0.1) is 11.3 Å². The van der Waals surface area contributed by atoms with Crippen molar-refractivity contribution in [1.29, 1.82) is 0 Å². The molecule has 2 aromatic heterocycles. The summed E-state index contributed by atoms with van der Waals surface area (Å²) in [5.41, 5.74) is 1.94. The van der Waals surface area contributed by atoms with Gasteiger partial charge in [-0.3, -0.25) is 9.89 Å². The first kappa shape index (κ1) is 19.8. The number of amides is 1. The van der Waals surface area contributed by atoms with Crippen molar-refractivity contribution in [2.24, 2.45) is 0 Å². The minimum Gasteiger partial charge on any atom is -0.347 e. The van der Waals surface area contributed by atoms with E-state index < -0.39 is 10.0 Å². The summed E-state index contributed by atoms with van der Waals surface area (Å²) < 4.78 is 26.9. The molecule has 0 bridgehead atoms. The zero-order valence-corrected chi connectivity index (χ0v) is 17.4. The summed E-state index contributed by atoms with van der Waals surface area (Å²) in [6.45, 7) is 1.46. The largest absolute Gasteiger partial charge is 0.347 e. The molecule has 4 rings (SSSR count). The highest BCUT2D eigenvalue weighted by atomic mass is 32.2. The second-order valence-electron chi connectivity index (χ2n) is 6.94. The number of carbonyl (C=O) groups excluding carboxylic acids is 1. The molecular weight excluding hydrogens is 408 g/mol. The molecule has 1 aliphatic rings. The van der Waals surface area contributed by atoms with Crippen molar-refractivity contribution in [2.75, 3.05) is 13.1 Å². The second-order valence-corrected chi connectivity index (χ2v) is 9.82. The minimum absolute atomic E-state index is 0.283. The predicted molar refractivity (Wildman–Crippen MR) is 112 cm³/mol. The monoisotopic (exact) mass is 430 g/mol. The van der Waals surface area contributed by atoms with E-state index in [1.807, 2.05) is 17.5 Å². The molecule has 0 aliphatic carbocycles. The Kier molecular flexibility index (Phi) is 5.79. The molecule has 0 atom stereocenters. The molecule has 2 N–H and O–H groups in total. The molecule has 0 spiro atoms. The first-order chi connectivity index (χ1) is 14.0. The summed E-state index contributed by atoms with van der Waals surface area (Å²) in [5.74, 6) is -0.283. The Labute approximate surface area is 173 Å². The van der Waals surface area contributed by atoms with Crippen LogP contribution in [-0.4, -0.2) is 41.9 Å². The van der Waals surface area contributed by atoms with Crippen molar-refractivity contribution >= 4 is 27.3 Å². The summed E-state index contributed by atoms with van der Waals surface area (Å²) in [4.78, 5) is 13.7. The number of thiophene rings is 1. The number of carbonyl (C=O) groups is 1. The lowest BCUT2D eigenvalue weighted by atomic mass is 10.2. The third-order valence-electron chi connectivity index (χ3n) is 4.93. The Balaban J connectivity index is 1.37. The maximum atomic E-state index is 12.7. The van der Waals surface area contributed by atoms with E-state index in [1.54, 1.807) is 46.0 Å². The normalized spacial score (nSPS) is 15.3. The molecule has 0 radical (unpaired) electrons. The number of sulfonamides is 1. The average Bonchev–Trinajstić information content (AvgIpc) is 3.45. The van der Waals surface area contributed by atoms with E-state index in [4.69, 9.17) is 0 Å². The maximum absolute atomic E-state index is 12.7. The van der Waals surface area contributed by atoms with Gasteiger partial charge in [0.15, 0.2) is 5.69 Å². The first-order valence-electron chi connectivity index (χ1n) is 9.50. The molecule has 7 nitrogen and oxygen atoms in total. The number of nitrogens with zero attached hydrogens (tertiary/aromatic N) is 2. The van der Waals surface area contributed by atoms with Crippen molar-refractivity contribution in [3.63, 3.8) is 0 Å². The molecule has 1 aliphatic heterocycles. The number of aromatic nitrogens is 2. The highest BCUT2D eigenvalue weighted by molar-refractivity contribution is 7.89. The summed E-state index contributed by atoms with van der Waals surface area (Å²) in [6, 6.07) is 12.3. The molecule has 1 amide bonds. The number of H-pyrrole nitrogens is 1. The van der Waals surface area contributed by atoms with E-state index in [1.165, 1.54) is 0 Å². The van der Waals surface area contributed by atoms with E-state index in [2.05, 4.69) is 15.5 Å². The lowest BCUT2D eigenvalue weighted by molar-refractivity contribution is 0.0946. The van der Waals surface area contributed by atoms with E-state index >= 15 is 0 Å². The molecule has 0 unspecified atom stereocenters. The van der Waals surface area contributed by atoms with Gasteiger partial charge >= 0.3 is 0 Å². The smallest absolute Gasteiger partial charge is 0.272 e. The molecule has 1 aromatic carbocycles. The molecule has 152 valence electrons. The summed E-state index contributed by atoms with van der Waals surface area (Å²) in [6.07, 6.45) is 2.89. The number of rotatable bonds is 6. The van der Waals surface area contributed by atoms with Crippen LogP contribution in [0.2, 0.25) is 0 Å². The fraction of sp³-hybridized carbons (Fsp3) is 0.300. The van der Waals surface area contributed by atoms with Crippen molar-refractivity contribution < 1.29 is 13.2 Å². The van der Waals surface area contributed by atoms with Gasteiger partial charge < -0.3 is 5.32 Å². The van der Waals surface area contributed by atoms with Crippen molar-refractivity contribution in [3.8, 4) is 10.6 Å². The number of piperidine rings is 1. The number of aromatic amines is 1. The van der Waals surface area contributed by atoms with Gasteiger partial charge in [0.05, 0.1) is 15.5 Å². The SMILES string of the molecule is O=C(NCc1ccc(S(=O)(=O)N2CCCCC2)cc1)c1cc(-c2cccs2)[nH]n1. The van der Waals surface area contributed by atoms with E-state index in [9.17, 15) is 13.2 Å². The fourth-order valence-electron chi connectivity index (χ4n) is 3.30. The van der Waals surface area contributed by atoms with E-state index in [-0.39, 0.29) is 5.91 Å². The van der Waals surface area contributed by atoms with Crippen molar-refractivity contribution in [1.82, 2.24) is 19.8 Å². The number of hydrogen-bond donors (Lipinski definition) is 2. The van der Waals surface area contributed by atoms with Crippen LogP contribution < -0.4 is 5.32 Å². The van der Waals surface area contributed by atoms with Crippen LogP contribution in [0.5, 0.6) is 0 Å². The van der Waals surface area contributed by atoms with Crippen LogP contribution in [0.1, 0.15) is 35.3 Å². The highest BCUT2D eigenvalue weighted by Gasteiger charge is 2.25. The number of hydrogen-bond acceptors (Lipinski definition) is 5. The second kappa shape index (κ2) is 8.48. The van der Waals surface area contributed by atoms with Crippen LogP contribution in [0.3, 0.4) is 0 Å². The first-order valence-corrected chi connectivity index (χ1v) is 11.8. The van der Waals surface area contributed by atoms with Gasteiger partial charge in [-0.25, -0.2) is 8.42 Å². The van der Waals surface area contributed by atoms with Crippen LogP contribution >= 0.6 is 11.3 Å². The van der Waals surface area contributed by atoms with Gasteiger partial charge in [0.2, 0.25) is 10.0 Å². The molecular formula is C20H22N4O3S2. The van der Waals surface area contributed by atoms with Crippen molar-refractivity contribution in [2.45, 2.75) is 30.7 Å². The Bertz CT molecular complexity index is 1070. The zero-order valence-electron chi connectivity index (χ0n) is 15.8. The van der Waals surface area contributed by atoms with Gasteiger partial charge in [-0.05, 0) is 48.1 Å². The molecule has 0 saturated carbocycles. The Morgan fingerprint density at radius 3 is 2.59 bits per heavy atom. The molecule has 1 saturated heterocycles. The quantitative estimate of drug-likeness (QED) is 0.628. The van der Waals surface area contributed by atoms with Crippen molar-refractivity contribution in [3.05, 3.63) is 59.1 Å². The molecule has 29 heavy (non-hydrogen) atoms. The average molecular weight is 431 g/mol. The topological polar surface area (TPSA) is 95.2 Å². The summed E-state index contributed by atoms with van der Waals surface area (Å²) >= 11 is 1.57. The minimum atomic E-state index is -3.44. The van der Waals surface area contributed by atoms with Gasteiger partial charge in [0.1, 0.15) is 0 Å². The lowest BCUT2D eigenvalue weighted by Gasteiger charge is -2.25. The fourth-order valence-corrected chi connectivity index (χ4v) is 5.51. The Hall–Kier alpha value is -2.49. The Morgan fingerprint density at radius 2 is 1.90 bits per heavy atom. The summed E-state index contributed by atoms with van der Waals surface area (Å²) in [5, 5.41) is 11.7. The van der Waals surface area contributed by atoms with Crippen LogP contribution in [0.15, 0.2) is 52.7 Å². The highest BCUT2D eigenvalue weighted by Crippen LogP contribution is 2.23. The number of benzene rings is 1. The predicted octanol–water partition coefficient (Wildman–Crippen LogP) is 3.24. The van der Waals surface area contributed by atoms with Crippen LogP contribution in [0.4, 0.5) is 0 Å². The third kappa shape index (κ3) is 4.42. The third-order valence-corrected chi connectivity index (χ3v) is 7.74. The van der Waals surface area contributed by atoms with E-state index in [0.717, 1.165) is 35.4 Å². The van der Waals surface area contributed by atoms with E-state index in [0.29, 0.717) is 30.2 Å². The molecule has 1 fully saturated rings. The van der Waals surface area contributed by atoms with Gasteiger partial charge in [0, 0.05) is 19.6 Å². The van der Waals surface area contributed by atoms with Crippen LogP contribution in [-0.2, 0) is 16.6 Å². The molecule has 9 heteroatoms. The molecule has 3 heterocycles. The standard InChI is InChI=1S/C20H22N4O3S2/c25-20(18-13-17(22-23-18)19-5-4-12-28-19)21-14-15-6-8-16(9-7-15)29(26,27)24-10-2-1-3-11-24/h4-9,12-13H,1-3,10-11,14H2,(H,21,25)(H,22,23). The number of nitrogens with one attached hydrogen (secondary N) is 2. The lowest BCUT2D eigenvalue weighted by Crippen LogP contribution is -2.35. The zero-order chi connectivity index (χ0) is 20.3. The Morgan fingerprint density at radius 1 is 1.14 bits per heavy atom. The van der Waals surface area contributed by atoms with Gasteiger partial charge in [-0.1, -0.05) is 24.6 Å². The van der Waals surface area contributed by atoms with Gasteiger partial charge in [-0.2, -0.15) is 9.40 Å².